The second kappa shape index (κ2) is 3.94. The average Bonchev–Trinajstić information content (AvgIpc) is 2.17. The highest BCUT2D eigenvalue weighted by Crippen LogP contribution is 2.31. The maximum atomic E-state index is 11.2. The van der Waals surface area contributed by atoms with Gasteiger partial charge in [0.1, 0.15) is 4.47 Å². The molecule has 1 aliphatic rings. The first-order chi connectivity index (χ1) is 7.11. The van der Waals surface area contributed by atoms with E-state index in [1.54, 1.807) is 0 Å². The standard InChI is InChI=1S/C9H12BrN3O2/c10-7-6(4-12-13-8(7)14)11-5-9(15)2-1-3-9/h4,15H,1-3,5H2,(H2,11,13,14). The molecule has 0 aliphatic heterocycles. The van der Waals surface area contributed by atoms with Crippen molar-refractivity contribution in [2.75, 3.05) is 11.9 Å². The molecule has 1 heterocycles. The molecule has 1 aromatic rings. The first-order valence-corrected chi connectivity index (χ1v) is 5.59. The van der Waals surface area contributed by atoms with Crippen LogP contribution in [0.4, 0.5) is 5.69 Å². The molecule has 5 nitrogen and oxygen atoms in total. The topological polar surface area (TPSA) is 78.0 Å². The molecule has 1 aliphatic carbocycles. The van der Waals surface area contributed by atoms with Crippen molar-refractivity contribution in [3.8, 4) is 0 Å². The summed E-state index contributed by atoms with van der Waals surface area (Å²) in [7, 11) is 0. The van der Waals surface area contributed by atoms with E-state index >= 15 is 0 Å². The lowest BCUT2D eigenvalue weighted by Gasteiger charge is -2.36. The maximum Gasteiger partial charge on any atom is 0.280 e. The van der Waals surface area contributed by atoms with Gasteiger partial charge in [-0.25, -0.2) is 5.10 Å². The molecule has 6 heteroatoms. The molecule has 0 unspecified atom stereocenters. The normalized spacial score (nSPS) is 18.3. The van der Waals surface area contributed by atoms with E-state index in [1.165, 1.54) is 6.20 Å². The second-order valence-electron chi connectivity index (χ2n) is 3.86. The van der Waals surface area contributed by atoms with Crippen LogP contribution in [0.3, 0.4) is 0 Å². The van der Waals surface area contributed by atoms with Crippen LogP contribution < -0.4 is 10.9 Å². The van der Waals surface area contributed by atoms with Crippen molar-refractivity contribution in [1.29, 1.82) is 0 Å². The minimum absolute atomic E-state index is 0.277. The van der Waals surface area contributed by atoms with Gasteiger partial charge >= 0.3 is 0 Å². The number of rotatable bonds is 3. The molecule has 0 amide bonds. The van der Waals surface area contributed by atoms with E-state index in [2.05, 4.69) is 31.4 Å². The summed E-state index contributed by atoms with van der Waals surface area (Å²) < 4.78 is 0.417. The third-order valence-corrected chi connectivity index (χ3v) is 3.48. The van der Waals surface area contributed by atoms with Crippen LogP contribution in [0.1, 0.15) is 19.3 Å². The fraction of sp³-hybridized carbons (Fsp3) is 0.556. The van der Waals surface area contributed by atoms with Gasteiger partial charge in [0, 0.05) is 6.54 Å². The number of anilines is 1. The monoisotopic (exact) mass is 273 g/mol. The summed E-state index contributed by atoms with van der Waals surface area (Å²) in [5.74, 6) is 0. The fourth-order valence-corrected chi connectivity index (χ4v) is 1.86. The third kappa shape index (κ3) is 2.21. The molecule has 0 spiro atoms. The van der Waals surface area contributed by atoms with E-state index in [1.807, 2.05) is 0 Å². The largest absolute Gasteiger partial charge is 0.388 e. The van der Waals surface area contributed by atoms with Gasteiger partial charge in [-0.1, -0.05) is 0 Å². The lowest BCUT2D eigenvalue weighted by molar-refractivity contribution is -0.0202. The van der Waals surface area contributed by atoms with Crippen LogP contribution in [0.5, 0.6) is 0 Å². The van der Waals surface area contributed by atoms with Crippen molar-refractivity contribution < 1.29 is 5.11 Å². The number of hydrogen-bond donors (Lipinski definition) is 3. The third-order valence-electron chi connectivity index (χ3n) is 2.69. The van der Waals surface area contributed by atoms with Crippen LogP contribution in [0.25, 0.3) is 0 Å². The van der Waals surface area contributed by atoms with Crippen LogP contribution in [-0.4, -0.2) is 27.4 Å². The summed E-state index contributed by atoms with van der Waals surface area (Å²) in [6.45, 7) is 0.455. The first-order valence-electron chi connectivity index (χ1n) is 4.80. The molecule has 3 N–H and O–H groups in total. The molecule has 1 aromatic heterocycles. The molecule has 82 valence electrons. The SMILES string of the molecule is O=c1[nH]ncc(NCC2(O)CCC2)c1Br. The fourth-order valence-electron chi connectivity index (χ4n) is 1.53. The number of aromatic amines is 1. The van der Waals surface area contributed by atoms with Crippen LogP contribution in [0, 0.1) is 0 Å². The highest BCUT2D eigenvalue weighted by Gasteiger charge is 2.34. The van der Waals surface area contributed by atoms with Crippen molar-refractivity contribution in [3.63, 3.8) is 0 Å². The van der Waals surface area contributed by atoms with Crippen molar-refractivity contribution in [3.05, 3.63) is 21.0 Å². The van der Waals surface area contributed by atoms with Crippen molar-refractivity contribution >= 4 is 21.6 Å². The van der Waals surface area contributed by atoms with E-state index in [0.717, 1.165) is 19.3 Å². The predicted molar refractivity (Wildman–Crippen MR) is 59.8 cm³/mol. The lowest BCUT2D eigenvalue weighted by Crippen LogP contribution is -2.43. The van der Waals surface area contributed by atoms with Gasteiger partial charge in [-0.2, -0.15) is 5.10 Å². The predicted octanol–water partition coefficient (Wildman–Crippen LogP) is 0.859. The molecule has 0 bridgehead atoms. The zero-order chi connectivity index (χ0) is 10.9. The Kier molecular flexibility index (Phi) is 2.79. The second-order valence-corrected chi connectivity index (χ2v) is 4.65. The van der Waals surface area contributed by atoms with Gasteiger partial charge in [0.15, 0.2) is 0 Å². The molecule has 15 heavy (non-hydrogen) atoms. The Bertz CT molecular complexity index is 414. The van der Waals surface area contributed by atoms with E-state index in [0.29, 0.717) is 16.7 Å². The van der Waals surface area contributed by atoms with Gasteiger partial charge < -0.3 is 10.4 Å². The molecule has 0 atom stereocenters. The average molecular weight is 274 g/mol. The molecule has 1 fully saturated rings. The summed E-state index contributed by atoms with van der Waals surface area (Å²) in [6.07, 6.45) is 4.21. The Balaban J connectivity index is 2.05. The van der Waals surface area contributed by atoms with E-state index in [9.17, 15) is 9.90 Å². The quantitative estimate of drug-likeness (QED) is 0.764. The molecule has 0 saturated heterocycles. The van der Waals surface area contributed by atoms with Crippen LogP contribution in [0.2, 0.25) is 0 Å². The number of halogens is 1. The van der Waals surface area contributed by atoms with Crippen LogP contribution >= 0.6 is 15.9 Å². The van der Waals surface area contributed by atoms with Crippen LogP contribution in [-0.2, 0) is 0 Å². The summed E-state index contributed by atoms with van der Waals surface area (Å²) in [6, 6.07) is 0. The van der Waals surface area contributed by atoms with Crippen molar-refractivity contribution in [1.82, 2.24) is 10.2 Å². The van der Waals surface area contributed by atoms with Gasteiger partial charge in [-0.15, -0.1) is 0 Å². The summed E-state index contributed by atoms with van der Waals surface area (Å²) in [5.41, 5.74) is -0.276. The Morgan fingerprint density at radius 1 is 1.67 bits per heavy atom. The van der Waals surface area contributed by atoms with Gasteiger partial charge in [-0.05, 0) is 35.2 Å². The van der Waals surface area contributed by atoms with E-state index < -0.39 is 5.60 Å². The van der Waals surface area contributed by atoms with Crippen molar-refractivity contribution in [2.24, 2.45) is 0 Å². The van der Waals surface area contributed by atoms with Crippen molar-refractivity contribution in [2.45, 2.75) is 24.9 Å². The number of nitrogens with zero attached hydrogens (tertiary/aromatic N) is 1. The zero-order valence-corrected chi connectivity index (χ0v) is 9.67. The zero-order valence-electron chi connectivity index (χ0n) is 8.09. The molecule has 2 rings (SSSR count). The minimum Gasteiger partial charge on any atom is -0.388 e. The Labute approximate surface area is 95.0 Å². The van der Waals surface area contributed by atoms with Gasteiger partial charge in [0.05, 0.1) is 17.5 Å². The van der Waals surface area contributed by atoms with Gasteiger partial charge in [0.2, 0.25) is 0 Å². The van der Waals surface area contributed by atoms with E-state index in [4.69, 9.17) is 0 Å². The first kappa shape index (κ1) is 10.6. The minimum atomic E-state index is -0.609. The summed E-state index contributed by atoms with van der Waals surface area (Å²) in [5, 5.41) is 18.9. The van der Waals surface area contributed by atoms with Crippen LogP contribution in [0.15, 0.2) is 15.5 Å². The van der Waals surface area contributed by atoms with Gasteiger partial charge in [0.25, 0.3) is 5.56 Å². The van der Waals surface area contributed by atoms with E-state index in [-0.39, 0.29) is 5.56 Å². The highest BCUT2D eigenvalue weighted by molar-refractivity contribution is 9.10. The number of H-pyrrole nitrogens is 1. The molecule has 0 aromatic carbocycles. The summed E-state index contributed by atoms with van der Waals surface area (Å²) >= 11 is 3.16. The maximum absolute atomic E-state index is 11.2. The number of aromatic nitrogens is 2. The number of nitrogens with one attached hydrogen (secondary N) is 2. The number of aliphatic hydroxyl groups is 1. The summed E-state index contributed by atoms with van der Waals surface area (Å²) in [4.78, 5) is 11.2. The Morgan fingerprint density at radius 2 is 2.40 bits per heavy atom. The Hall–Kier alpha value is -0.880. The molecule has 1 saturated carbocycles. The smallest absolute Gasteiger partial charge is 0.280 e. The molecule has 0 radical (unpaired) electrons. The van der Waals surface area contributed by atoms with Gasteiger partial charge in [-0.3, -0.25) is 4.79 Å². The number of hydrogen-bond acceptors (Lipinski definition) is 4. The lowest BCUT2D eigenvalue weighted by atomic mass is 9.80. The molecular weight excluding hydrogens is 262 g/mol. The Morgan fingerprint density at radius 3 is 3.00 bits per heavy atom. The molecular formula is C9H12BrN3O2. The highest BCUT2D eigenvalue weighted by atomic mass is 79.9.